The third kappa shape index (κ3) is 2.66. The van der Waals surface area contributed by atoms with Crippen molar-refractivity contribution in [3.05, 3.63) is 30.1 Å². The minimum atomic E-state index is -0.718. The second-order valence-electron chi connectivity index (χ2n) is 6.47. The van der Waals surface area contributed by atoms with E-state index < -0.39 is 12.2 Å². The molecule has 2 aromatic rings. The first-order valence-electron chi connectivity index (χ1n) is 8.29. The molecule has 4 heterocycles. The van der Waals surface area contributed by atoms with Crippen molar-refractivity contribution in [2.24, 2.45) is 7.05 Å². The van der Waals surface area contributed by atoms with Gasteiger partial charge >= 0.3 is 0 Å². The number of aromatic nitrogens is 4. The highest BCUT2D eigenvalue weighted by Gasteiger charge is 2.37. The lowest BCUT2D eigenvalue weighted by Gasteiger charge is -2.19. The molecule has 0 spiro atoms. The van der Waals surface area contributed by atoms with E-state index >= 15 is 0 Å². The first-order chi connectivity index (χ1) is 11.6. The number of β-amino-alcohol motifs (C(OH)–C–C–N with tert-alkyl or cyclic N) is 1. The minimum Gasteiger partial charge on any atom is -0.482 e. The fourth-order valence-electron chi connectivity index (χ4n) is 3.42. The molecule has 0 unspecified atom stereocenters. The third-order valence-corrected chi connectivity index (χ3v) is 4.69. The molecule has 4 rings (SSSR count). The molecule has 128 valence electrons. The van der Waals surface area contributed by atoms with Gasteiger partial charge in [0.2, 0.25) is 0 Å². The number of amides is 1. The first-order valence-corrected chi connectivity index (χ1v) is 8.29. The Morgan fingerprint density at radius 2 is 2.21 bits per heavy atom. The van der Waals surface area contributed by atoms with Crippen LogP contribution in [0.15, 0.2) is 18.6 Å². The van der Waals surface area contributed by atoms with Crippen LogP contribution in [0.5, 0.6) is 5.75 Å². The summed E-state index contributed by atoms with van der Waals surface area (Å²) in [5.74, 6) is 0.924. The fourth-order valence-corrected chi connectivity index (χ4v) is 3.42. The zero-order chi connectivity index (χ0) is 16.7. The van der Waals surface area contributed by atoms with Crippen molar-refractivity contribution in [1.82, 2.24) is 24.2 Å². The average molecular weight is 331 g/mol. The molecule has 0 aromatic carbocycles. The summed E-state index contributed by atoms with van der Waals surface area (Å²) < 4.78 is 9.41. The molecule has 0 aliphatic carbocycles. The van der Waals surface area contributed by atoms with Crippen molar-refractivity contribution in [2.75, 3.05) is 13.1 Å². The number of nitrogens with zero attached hydrogens (tertiary/aromatic N) is 5. The van der Waals surface area contributed by atoms with Gasteiger partial charge in [0.25, 0.3) is 5.91 Å². The third-order valence-electron chi connectivity index (χ3n) is 4.69. The highest BCUT2D eigenvalue weighted by atomic mass is 16.5. The molecule has 2 aliphatic heterocycles. The Bertz CT molecular complexity index is 753. The van der Waals surface area contributed by atoms with E-state index in [9.17, 15) is 9.90 Å². The molecular weight excluding hydrogens is 310 g/mol. The number of rotatable bonds is 3. The summed E-state index contributed by atoms with van der Waals surface area (Å²) in [5.41, 5.74) is 1.12. The summed E-state index contributed by atoms with van der Waals surface area (Å²) in [6, 6.07) is 0. The number of fused-ring (bicyclic) bond motifs is 1. The first kappa shape index (κ1) is 15.2. The molecule has 1 saturated heterocycles. The zero-order valence-electron chi connectivity index (χ0n) is 13.6. The smallest absolute Gasteiger partial charge is 0.290 e. The van der Waals surface area contributed by atoms with Crippen molar-refractivity contribution in [3.8, 4) is 5.75 Å². The highest BCUT2D eigenvalue weighted by Crippen LogP contribution is 2.22. The van der Waals surface area contributed by atoms with Crippen LogP contribution < -0.4 is 4.74 Å². The van der Waals surface area contributed by atoms with Crippen molar-refractivity contribution >= 4 is 5.91 Å². The predicted molar refractivity (Wildman–Crippen MR) is 84.7 cm³/mol. The molecule has 8 heteroatoms. The summed E-state index contributed by atoms with van der Waals surface area (Å²) >= 11 is 0. The van der Waals surface area contributed by atoms with Gasteiger partial charge in [0, 0.05) is 25.5 Å². The van der Waals surface area contributed by atoms with Crippen LogP contribution in [0.4, 0.5) is 0 Å². The maximum atomic E-state index is 12.8. The number of aliphatic hydroxyl groups is 1. The lowest BCUT2D eigenvalue weighted by molar-refractivity contribution is 0.0725. The zero-order valence-corrected chi connectivity index (χ0v) is 13.6. The van der Waals surface area contributed by atoms with Crippen molar-refractivity contribution in [3.63, 3.8) is 0 Å². The van der Waals surface area contributed by atoms with Crippen LogP contribution >= 0.6 is 0 Å². The van der Waals surface area contributed by atoms with Gasteiger partial charge in [0.1, 0.15) is 12.2 Å². The monoisotopic (exact) mass is 331 g/mol. The normalized spacial score (nSPS) is 23.3. The van der Waals surface area contributed by atoms with Crippen LogP contribution in [0.2, 0.25) is 0 Å². The molecule has 1 fully saturated rings. The number of aliphatic hydroxyl groups excluding tert-OH is 1. The lowest BCUT2D eigenvalue weighted by Crippen LogP contribution is -2.33. The quantitative estimate of drug-likeness (QED) is 0.869. The number of hydrogen-bond donors (Lipinski definition) is 1. The number of hydrogen-bond acceptors (Lipinski definition) is 5. The van der Waals surface area contributed by atoms with E-state index in [0.29, 0.717) is 18.1 Å². The SMILES string of the molecule is Cn1cc(O[C@@H]2CN(C(=O)c3ncc4n3CCCC4)C[C@H]2O)cn1. The van der Waals surface area contributed by atoms with Gasteiger partial charge in [0.15, 0.2) is 11.6 Å². The van der Waals surface area contributed by atoms with Crippen LogP contribution in [-0.4, -0.2) is 60.5 Å². The Labute approximate surface area is 139 Å². The number of ether oxygens (including phenoxy) is 1. The van der Waals surface area contributed by atoms with Gasteiger partial charge in [0.05, 0.1) is 25.5 Å². The predicted octanol–water partition coefficient (Wildman–Crippen LogP) is 0.217. The number of aryl methyl sites for hydroxylation is 2. The Balaban J connectivity index is 1.47. The fraction of sp³-hybridized carbons (Fsp3) is 0.562. The van der Waals surface area contributed by atoms with E-state index in [-0.39, 0.29) is 12.5 Å². The Kier molecular flexibility index (Phi) is 3.76. The summed E-state index contributed by atoms with van der Waals surface area (Å²) in [5, 5.41) is 14.3. The molecule has 2 aliphatic rings. The standard InChI is InChI=1S/C16H21N5O3/c1-19-8-12(7-18-19)24-14-10-20(9-13(14)22)16(23)15-17-6-11-4-2-3-5-21(11)15/h6-8,13-14,22H,2-5,9-10H2,1H3/t13-,14-/m1/s1. The topological polar surface area (TPSA) is 85.4 Å². The molecular formula is C16H21N5O3. The molecule has 1 N–H and O–H groups in total. The van der Waals surface area contributed by atoms with E-state index in [1.54, 1.807) is 35.2 Å². The van der Waals surface area contributed by atoms with Crippen LogP contribution in [-0.2, 0) is 20.0 Å². The van der Waals surface area contributed by atoms with Gasteiger partial charge in [-0.3, -0.25) is 9.48 Å². The summed E-state index contributed by atoms with van der Waals surface area (Å²) in [7, 11) is 1.80. The van der Waals surface area contributed by atoms with Crippen molar-refractivity contribution in [1.29, 1.82) is 0 Å². The Hall–Kier alpha value is -2.35. The van der Waals surface area contributed by atoms with Gasteiger partial charge < -0.3 is 19.3 Å². The van der Waals surface area contributed by atoms with E-state index in [4.69, 9.17) is 4.74 Å². The molecule has 24 heavy (non-hydrogen) atoms. The second-order valence-corrected chi connectivity index (χ2v) is 6.47. The van der Waals surface area contributed by atoms with Gasteiger partial charge in [-0.05, 0) is 19.3 Å². The van der Waals surface area contributed by atoms with Crippen LogP contribution in [0.25, 0.3) is 0 Å². The van der Waals surface area contributed by atoms with Crippen LogP contribution in [0.1, 0.15) is 29.2 Å². The van der Waals surface area contributed by atoms with Gasteiger partial charge in [-0.1, -0.05) is 0 Å². The number of carbonyl (C=O) groups excluding carboxylic acids is 1. The van der Waals surface area contributed by atoms with Crippen LogP contribution in [0, 0.1) is 0 Å². The van der Waals surface area contributed by atoms with Crippen molar-refractivity contribution < 1.29 is 14.6 Å². The number of carbonyl (C=O) groups is 1. The Morgan fingerprint density at radius 1 is 1.33 bits per heavy atom. The minimum absolute atomic E-state index is 0.139. The Morgan fingerprint density at radius 3 is 3.00 bits per heavy atom. The van der Waals surface area contributed by atoms with Crippen LogP contribution in [0.3, 0.4) is 0 Å². The average Bonchev–Trinajstić information content (AvgIpc) is 3.27. The highest BCUT2D eigenvalue weighted by molar-refractivity contribution is 5.91. The number of imidazole rings is 1. The maximum Gasteiger partial charge on any atom is 0.290 e. The lowest BCUT2D eigenvalue weighted by atomic mass is 10.1. The summed E-state index contributed by atoms with van der Waals surface area (Å²) in [4.78, 5) is 18.7. The summed E-state index contributed by atoms with van der Waals surface area (Å²) in [6.07, 6.45) is 7.14. The molecule has 0 saturated carbocycles. The molecule has 8 nitrogen and oxygen atoms in total. The molecule has 0 radical (unpaired) electrons. The second kappa shape index (κ2) is 5.94. The molecule has 0 bridgehead atoms. The molecule has 2 aromatic heterocycles. The van der Waals surface area contributed by atoms with E-state index in [2.05, 4.69) is 10.1 Å². The van der Waals surface area contributed by atoms with E-state index in [0.717, 1.165) is 31.5 Å². The molecule has 2 atom stereocenters. The van der Waals surface area contributed by atoms with Crippen molar-refractivity contribution in [2.45, 2.75) is 38.0 Å². The largest absolute Gasteiger partial charge is 0.482 e. The van der Waals surface area contributed by atoms with Gasteiger partial charge in [-0.2, -0.15) is 5.10 Å². The maximum absolute atomic E-state index is 12.8. The van der Waals surface area contributed by atoms with E-state index in [1.165, 1.54) is 0 Å². The summed E-state index contributed by atoms with van der Waals surface area (Å²) in [6.45, 7) is 1.44. The van der Waals surface area contributed by atoms with Gasteiger partial charge in [-0.15, -0.1) is 0 Å². The number of likely N-dealkylation sites (tertiary alicyclic amines) is 1. The van der Waals surface area contributed by atoms with E-state index in [1.807, 2.05) is 4.57 Å². The molecule has 1 amide bonds. The van der Waals surface area contributed by atoms with Gasteiger partial charge in [-0.25, -0.2) is 4.98 Å².